The van der Waals surface area contributed by atoms with E-state index in [-0.39, 0.29) is 6.04 Å². The van der Waals surface area contributed by atoms with Gasteiger partial charge in [-0.05, 0) is 23.6 Å². The molecule has 2 aliphatic heterocycles. The maximum absolute atomic E-state index is 6.32. The second-order valence-electron chi connectivity index (χ2n) is 5.79. The average Bonchev–Trinajstić information content (AvgIpc) is 2.80. The van der Waals surface area contributed by atoms with Crippen molar-refractivity contribution >= 4 is 17.6 Å². The zero-order valence-electron chi connectivity index (χ0n) is 12.3. The summed E-state index contributed by atoms with van der Waals surface area (Å²) in [5.41, 5.74) is 7.08. The Morgan fingerprint density at radius 1 is 1.38 bits per heavy atom. The highest BCUT2D eigenvalue weighted by atomic mass is 35.5. The largest absolute Gasteiger partial charge is 0.486 e. The Hall–Kier alpha value is -1.62. The van der Waals surface area contributed by atoms with Gasteiger partial charge in [0.25, 0.3) is 0 Å². The summed E-state index contributed by atoms with van der Waals surface area (Å²) in [6, 6.07) is 4.04. The topological polar surface area (TPSA) is 60.1 Å². The predicted octanol–water partition coefficient (Wildman–Crippen LogP) is 2.44. The minimum absolute atomic E-state index is 0.112. The molecular formula is C15H20ClN3O2. The molecule has 1 aromatic rings. The molecule has 0 spiro atoms. The SMILES string of the molecule is CC(C)CN1C(N)=NCC1c1cc(Cl)c2c(c1)OCCO2. The van der Waals surface area contributed by atoms with Crippen LogP contribution in [0.2, 0.25) is 5.02 Å². The van der Waals surface area contributed by atoms with Crippen LogP contribution in [0.5, 0.6) is 11.5 Å². The molecular weight excluding hydrogens is 290 g/mol. The van der Waals surface area contributed by atoms with Crippen LogP contribution in [0.4, 0.5) is 0 Å². The van der Waals surface area contributed by atoms with Crippen LogP contribution in [0, 0.1) is 5.92 Å². The van der Waals surface area contributed by atoms with Crippen LogP contribution in [0.15, 0.2) is 17.1 Å². The molecule has 0 saturated carbocycles. The van der Waals surface area contributed by atoms with E-state index < -0.39 is 0 Å². The Morgan fingerprint density at radius 3 is 2.90 bits per heavy atom. The normalized spacial score (nSPS) is 20.9. The molecule has 21 heavy (non-hydrogen) atoms. The highest BCUT2D eigenvalue weighted by Crippen LogP contribution is 2.41. The summed E-state index contributed by atoms with van der Waals surface area (Å²) >= 11 is 6.32. The van der Waals surface area contributed by atoms with Gasteiger partial charge in [0, 0.05) is 6.54 Å². The predicted molar refractivity (Wildman–Crippen MR) is 83.2 cm³/mol. The van der Waals surface area contributed by atoms with E-state index in [1.165, 1.54) is 0 Å². The summed E-state index contributed by atoms with van der Waals surface area (Å²) in [6.45, 7) is 6.93. The Kier molecular flexibility index (Phi) is 3.85. The molecule has 2 N–H and O–H groups in total. The molecule has 2 heterocycles. The summed E-state index contributed by atoms with van der Waals surface area (Å²) in [6.07, 6.45) is 0. The molecule has 0 saturated heterocycles. The Balaban J connectivity index is 1.91. The van der Waals surface area contributed by atoms with Gasteiger partial charge in [-0.3, -0.25) is 4.99 Å². The van der Waals surface area contributed by atoms with Crippen LogP contribution in [0.25, 0.3) is 0 Å². The minimum atomic E-state index is 0.112. The standard InChI is InChI=1S/C15H20ClN3O2/c1-9(2)8-19-12(7-18-15(19)17)10-5-11(16)14-13(6-10)20-3-4-21-14/h5-6,9,12H,3-4,7-8H2,1-2H3,(H2,17,18). The molecule has 1 aromatic carbocycles. The van der Waals surface area contributed by atoms with Crippen LogP contribution < -0.4 is 15.2 Å². The highest BCUT2D eigenvalue weighted by Gasteiger charge is 2.30. The molecule has 0 aliphatic carbocycles. The number of nitrogens with two attached hydrogens (primary N) is 1. The second kappa shape index (κ2) is 5.64. The van der Waals surface area contributed by atoms with Gasteiger partial charge in [-0.2, -0.15) is 0 Å². The number of aliphatic imine (C=N–C) groups is 1. The van der Waals surface area contributed by atoms with Gasteiger partial charge in [0.15, 0.2) is 17.5 Å². The number of hydrogen-bond donors (Lipinski definition) is 1. The summed E-state index contributed by atoms with van der Waals surface area (Å²) < 4.78 is 11.2. The van der Waals surface area contributed by atoms with E-state index in [1.54, 1.807) is 0 Å². The Morgan fingerprint density at radius 2 is 2.14 bits per heavy atom. The first kappa shape index (κ1) is 14.3. The van der Waals surface area contributed by atoms with Crippen molar-refractivity contribution in [3.05, 3.63) is 22.7 Å². The molecule has 1 atom stereocenters. The first-order chi connectivity index (χ1) is 10.1. The molecule has 5 nitrogen and oxygen atoms in total. The molecule has 6 heteroatoms. The van der Waals surface area contributed by atoms with E-state index in [9.17, 15) is 0 Å². The molecule has 3 rings (SSSR count). The number of hydrogen-bond acceptors (Lipinski definition) is 5. The third-order valence-corrected chi connectivity index (χ3v) is 3.94. The molecule has 0 aromatic heterocycles. The quantitative estimate of drug-likeness (QED) is 0.931. The smallest absolute Gasteiger partial charge is 0.191 e. The van der Waals surface area contributed by atoms with Crippen molar-refractivity contribution in [3.63, 3.8) is 0 Å². The summed E-state index contributed by atoms with van der Waals surface area (Å²) in [5, 5.41) is 0.581. The van der Waals surface area contributed by atoms with Crippen LogP contribution in [0.3, 0.4) is 0 Å². The summed E-state index contributed by atoms with van der Waals surface area (Å²) in [4.78, 5) is 6.51. The van der Waals surface area contributed by atoms with E-state index in [0.717, 1.165) is 12.1 Å². The molecule has 114 valence electrons. The number of nitrogens with zero attached hydrogens (tertiary/aromatic N) is 2. The van der Waals surface area contributed by atoms with Crippen molar-refractivity contribution in [2.45, 2.75) is 19.9 Å². The lowest BCUT2D eigenvalue weighted by atomic mass is 10.0. The fourth-order valence-corrected chi connectivity index (χ4v) is 3.03. The van der Waals surface area contributed by atoms with Crippen LogP contribution >= 0.6 is 11.6 Å². The van der Waals surface area contributed by atoms with Gasteiger partial charge >= 0.3 is 0 Å². The van der Waals surface area contributed by atoms with E-state index in [1.807, 2.05) is 12.1 Å². The molecule has 0 bridgehead atoms. The van der Waals surface area contributed by atoms with Crippen molar-refractivity contribution in [1.29, 1.82) is 0 Å². The van der Waals surface area contributed by atoms with Gasteiger partial charge in [0.05, 0.1) is 17.6 Å². The minimum Gasteiger partial charge on any atom is -0.486 e. The van der Waals surface area contributed by atoms with Gasteiger partial charge in [-0.25, -0.2) is 0 Å². The Bertz CT molecular complexity index is 574. The molecule has 0 radical (unpaired) electrons. The van der Waals surface area contributed by atoms with Crippen LogP contribution in [-0.4, -0.2) is 37.2 Å². The maximum atomic E-state index is 6.32. The van der Waals surface area contributed by atoms with Gasteiger partial charge in [-0.1, -0.05) is 25.4 Å². The number of benzene rings is 1. The van der Waals surface area contributed by atoms with Crippen LogP contribution in [0.1, 0.15) is 25.5 Å². The zero-order chi connectivity index (χ0) is 15.0. The van der Waals surface area contributed by atoms with Crippen molar-refractivity contribution in [1.82, 2.24) is 4.90 Å². The van der Waals surface area contributed by atoms with E-state index in [4.69, 9.17) is 26.8 Å². The van der Waals surface area contributed by atoms with Gasteiger partial charge in [0.2, 0.25) is 0 Å². The number of fused-ring (bicyclic) bond motifs is 1. The van der Waals surface area contributed by atoms with Crippen molar-refractivity contribution in [2.24, 2.45) is 16.6 Å². The average molecular weight is 310 g/mol. The maximum Gasteiger partial charge on any atom is 0.191 e. The lowest BCUT2D eigenvalue weighted by Gasteiger charge is -2.29. The first-order valence-electron chi connectivity index (χ1n) is 7.22. The fraction of sp³-hybridized carbons (Fsp3) is 0.533. The number of rotatable bonds is 3. The van der Waals surface area contributed by atoms with Crippen molar-refractivity contribution in [3.8, 4) is 11.5 Å². The third-order valence-electron chi connectivity index (χ3n) is 3.66. The lowest BCUT2D eigenvalue weighted by molar-refractivity contribution is 0.171. The van der Waals surface area contributed by atoms with E-state index >= 15 is 0 Å². The number of ether oxygens (including phenoxy) is 2. The van der Waals surface area contributed by atoms with Crippen molar-refractivity contribution < 1.29 is 9.47 Å². The van der Waals surface area contributed by atoms with Gasteiger partial charge in [0.1, 0.15) is 13.2 Å². The van der Waals surface area contributed by atoms with Crippen LogP contribution in [-0.2, 0) is 0 Å². The lowest BCUT2D eigenvalue weighted by Crippen LogP contribution is -2.38. The van der Waals surface area contributed by atoms with Gasteiger partial charge in [-0.15, -0.1) is 0 Å². The molecule has 0 amide bonds. The molecule has 0 fully saturated rings. The second-order valence-corrected chi connectivity index (χ2v) is 6.20. The summed E-state index contributed by atoms with van der Waals surface area (Å²) in [7, 11) is 0. The zero-order valence-corrected chi connectivity index (χ0v) is 13.1. The van der Waals surface area contributed by atoms with Gasteiger partial charge < -0.3 is 20.1 Å². The fourth-order valence-electron chi connectivity index (χ4n) is 2.75. The third kappa shape index (κ3) is 2.75. The van der Waals surface area contributed by atoms with Crippen molar-refractivity contribution in [2.75, 3.05) is 26.3 Å². The monoisotopic (exact) mass is 309 g/mol. The molecule has 1 unspecified atom stereocenters. The molecule has 2 aliphatic rings. The van der Waals surface area contributed by atoms with E-state index in [0.29, 0.717) is 48.2 Å². The number of guanidine groups is 1. The Labute approximate surface area is 129 Å². The highest BCUT2D eigenvalue weighted by molar-refractivity contribution is 6.32. The number of halogens is 1. The summed E-state index contributed by atoms with van der Waals surface area (Å²) in [5.74, 6) is 2.44. The first-order valence-corrected chi connectivity index (χ1v) is 7.59. The van der Waals surface area contributed by atoms with E-state index in [2.05, 4.69) is 23.7 Å².